The number of benzene rings is 1. The van der Waals surface area contributed by atoms with E-state index in [1.165, 1.54) is 4.88 Å². The third-order valence-electron chi connectivity index (χ3n) is 2.82. The highest BCUT2D eigenvalue weighted by Crippen LogP contribution is 2.27. The molecule has 1 aromatic carbocycles. The predicted octanol–water partition coefficient (Wildman–Crippen LogP) is 4.46. The molecule has 0 spiro atoms. The van der Waals surface area contributed by atoms with Gasteiger partial charge >= 0.3 is 0 Å². The number of hydrogen-bond donors (Lipinski definition) is 1. The molecule has 5 heteroatoms. The van der Waals surface area contributed by atoms with E-state index in [4.69, 9.17) is 16.9 Å². The summed E-state index contributed by atoms with van der Waals surface area (Å²) in [6.45, 7) is 6.13. The fraction of sp³-hybridized carbons (Fsp3) is 0.286. The van der Waals surface area contributed by atoms with Crippen molar-refractivity contribution in [2.75, 3.05) is 5.32 Å². The number of nitrogens with one attached hydrogen (secondary N) is 1. The minimum Gasteiger partial charge on any atom is -0.377 e. The number of halogens is 1. The Morgan fingerprint density at radius 2 is 2.16 bits per heavy atom. The Morgan fingerprint density at radius 1 is 1.42 bits per heavy atom. The van der Waals surface area contributed by atoms with Gasteiger partial charge in [-0.05, 0) is 39.0 Å². The molecule has 1 heterocycles. The van der Waals surface area contributed by atoms with E-state index in [-0.39, 0.29) is 6.04 Å². The minimum atomic E-state index is 0.0951. The first kappa shape index (κ1) is 13.9. The molecule has 0 aliphatic heterocycles. The van der Waals surface area contributed by atoms with Crippen molar-refractivity contribution in [2.24, 2.45) is 0 Å². The van der Waals surface area contributed by atoms with Crippen molar-refractivity contribution < 1.29 is 0 Å². The molecule has 2 rings (SSSR count). The Hall–Kier alpha value is -1.57. The second-order valence-corrected chi connectivity index (χ2v) is 6.16. The van der Waals surface area contributed by atoms with Gasteiger partial charge in [-0.3, -0.25) is 0 Å². The van der Waals surface area contributed by atoms with E-state index in [1.807, 2.05) is 13.0 Å². The standard InChI is InChI=1S/C14H14ClN3S/c1-8(14-9(2)19-10(3)18-14)17-12-4-5-13(15)11(6-12)7-16/h4-6,8,17H,1-3H3. The van der Waals surface area contributed by atoms with Gasteiger partial charge in [-0.15, -0.1) is 11.3 Å². The highest BCUT2D eigenvalue weighted by molar-refractivity contribution is 7.11. The summed E-state index contributed by atoms with van der Waals surface area (Å²) in [4.78, 5) is 5.75. The van der Waals surface area contributed by atoms with Gasteiger partial charge in [0.25, 0.3) is 0 Å². The Balaban J connectivity index is 2.22. The quantitative estimate of drug-likeness (QED) is 0.908. The zero-order valence-electron chi connectivity index (χ0n) is 11.0. The molecule has 1 N–H and O–H groups in total. The van der Waals surface area contributed by atoms with E-state index in [9.17, 15) is 0 Å². The molecule has 3 nitrogen and oxygen atoms in total. The van der Waals surface area contributed by atoms with Gasteiger partial charge in [0.15, 0.2) is 0 Å². The zero-order chi connectivity index (χ0) is 14.0. The van der Waals surface area contributed by atoms with Crippen LogP contribution in [-0.4, -0.2) is 4.98 Å². The summed E-state index contributed by atoms with van der Waals surface area (Å²) in [5.41, 5.74) is 2.40. The third kappa shape index (κ3) is 3.06. The molecule has 19 heavy (non-hydrogen) atoms. The van der Waals surface area contributed by atoms with Crippen LogP contribution in [-0.2, 0) is 0 Å². The highest BCUT2D eigenvalue weighted by atomic mass is 35.5. The minimum absolute atomic E-state index is 0.0951. The fourth-order valence-corrected chi connectivity index (χ4v) is 3.04. The van der Waals surface area contributed by atoms with Gasteiger partial charge in [0.2, 0.25) is 0 Å². The first-order valence-corrected chi connectivity index (χ1v) is 7.11. The first-order valence-electron chi connectivity index (χ1n) is 5.91. The molecule has 0 fully saturated rings. The summed E-state index contributed by atoms with van der Waals surface area (Å²) >= 11 is 7.61. The molecule has 1 atom stereocenters. The number of nitrogens with zero attached hydrogens (tertiary/aromatic N) is 2. The van der Waals surface area contributed by atoms with E-state index in [0.29, 0.717) is 10.6 Å². The monoisotopic (exact) mass is 291 g/mol. The Kier molecular flexibility index (Phi) is 4.08. The van der Waals surface area contributed by atoms with Crippen molar-refractivity contribution in [3.8, 4) is 6.07 Å². The first-order chi connectivity index (χ1) is 9.01. The van der Waals surface area contributed by atoms with E-state index >= 15 is 0 Å². The van der Waals surface area contributed by atoms with Crippen LogP contribution in [0.15, 0.2) is 18.2 Å². The lowest BCUT2D eigenvalue weighted by molar-refractivity contribution is 0.837. The van der Waals surface area contributed by atoms with Crippen molar-refractivity contribution in [3.63, 3.8) is 0 Å². The Bertz CT molecular complexity index is 643. The normalized spacial score (nSPS) is 11.9. The van der Waals surface area contributed by atoms with Crippen LogP contribution in [0.2, 0.25) is 5.02 Å². The number of thiazole rings is 1. The molecule has 0 amide bonds. The fourth-order valence-electron chi connectivity index (χ4n) is 1.97. The lowest BCUT2D eigenvalue weighted by Crippen LogP contribution is -2.08. The van der Waals surface area contributed by atoms with E-state index < -0.39 is 0 Å². The largest absolute Gasteiger partial charge is 0.377 e. The molecule has 98 valence electrons. The lowest BCUT2D eigenvalue weighted by atomic mass is 10.1. The Morgan fingerprint density at radius 3 is 2.74 bits per heavy atom. The van der Waals surface area contributed by atoms with Crippen LogP contribution in [0.4, 0.5) is 5.69 Å². The molecular formula is C14H14ClN3S. The van der Waals surface area contributed by atoms with Crippen molar-refractivity contribution in [3.05, 3.63) is 44.4 Å². The third-order valence-corrected chi connectivity index (χ3v) is 4.05. The topological polar surface area (TPSA) is 48.7 Å². The van der Waals surface area contributed by atoms with Crippen LogP contribution in [0.3, 0.4) is 0 Å². The molecule has 1 aromatic heterocycles. The molecule has 0 bridgehead atoms. The van der Waals surface area contributed by atoms with Crippen molar-refractivity contribution in [1.29, 1.82) is 5.26 Å². The van der Waals surface area contributed by atoms with Crippen molar-refractivity contribution in [2.45, 2.75) is 26.8 Å². The van der Waals surface area contributed by atoms with Crippen LogP contribution in [0.5, 0.6) is 0 Å². The maximum Gasteiger partial charge on any atom is 0.101 e. The zero-order valence-corrected chi connectivity index (χ0v) is 12.6. The summed E-state index contributed by atoms with van der Waals surface area (Å²) in [5.74, 6) is 0. The molecule has 2 aromatic rings. The van der Waals surface area contributed by atoms with E-state index in [1.54, 1.807) is 23.5 Å². The summed E-state index contributed by atoms with van der Waals surface area (Å²) in [6, 6.07) is 7.53. The van der Waals surface area contributed by atoms with Gasteiger partial charge in [0, 0.05) is 10.6 Å². The molecule has 0 aliphatic carbocycles. The molecule has 0 saturated heterocycles. The Labute approximate surface area is 121 Å². The molecule has 0 radical (unpaired) electrons. The SMILES string of the molecule is Cc1nc(C(C)Nc2ccc(Cl)c(C#N)c2)c(C)s1. The van der Waals surface area contributed by atoms with Gasteiger partial charge in [-0.2, -0.15) is 5.26 Å². The van der Waals surface area contributed by atoms with Crippen LogP contribution in [0, 0.1) is 25.2 Å². The van der Waals surface area contributed by atoms with Gasteiger partial charge in [-0.1, -0.05) is 11.6 Å². The number of hydrogen-bond acceptors (Lipinski definition) is 4. The number of aromatic nitrogens is 1. The predicted molar refractivity (Wildman–Crippen MR) is 79.8 cm³/mol. The summed E-state index contributed by atoms with van der Waals surface area (Å²) in [5, 5.41) is 13.9. The lowest BCUT2D eigenvalue weighted by Gasteiger charge is -2.14. The second-order valence-electron chi connectivity index (χ2n) is 4.35. The summed E-state index contributed by atoms with van der Waals surface area (Å²) < 4.78 is 0. The number of rotatable bonds is 3. The van der Waals surface area contributed by atoms with Crippen LogP contribution in [0.25, 0.3) is 0 Å². The van der Waals surface area contributed by atoms with Crippen LogP contribution >= 0.6 is 22.9 Å². The molecule has 0 aliphatic rings. The summed E-state index contributed by atoms with van der Waals surface area (Å²) in [7, 11) is 0. The maximum atomic E-state index is 8.97. The van der Waals surface area contributed by atoms with Crippen LogP contribution < -0.4 is 5.32 Å². The molecule has 0 saturated carbocycles. The molecule has 1 unspecified atom stereocenters. The average molecular weight is 292 g/mol. The van der Waals surface area contributed by atoms with Gasteiger partial charge in [0.05, 0.1) is 27.3 Å². The highest BCUT2D eigenvalue weighted by Gasteiger charge is 2.13. The number of anilines is 1. The van der Waals surface area contributed by atoms with E-state index in [2.05, 4.69) is 30.2 Å². The van der Waals surface area contributed by atoms with Gasteiger partial charge in [-0.25, -0.2) is 4.98 Å². The number of nitriles is 1. The van der Waals surface area contributed by atoms with E-state index in [0.717, 1.165) is 16.4 Å². The smallest absolute Gasteiger partial charge is 0.101 e. The maximum absolute atomic E-state index is 8.97. The van der Waals surface area contributed by atoms with Crippen LogP contribution in [0.1, 0.15) is 34.1 Å². The van der Waals surface area contributed by atoms with Gasteiger partial charge in [0.1, 0.15) is 6.07 Å². The number of aryl methyl sites for hydroxylation is 2. The van der Waals surface area contributed by atoms with Crippen molar-refractivity contribution in [1.82, 2.24) is 4.98 Å². The van der Waals surface area contributed by atoms with Gasteiger partial charge < -0.3 is 5.32 Å². The average Bonchev–Trinajstić information content (AvgIpc) is 2.71. The molecular weight excluding hydrogens is 278 g/mol. The summed E-state index contributed by atoms with van der Waals surface area (Å²) in [6.07, 6.45) is 0. The second kappa shape index (κ2) is 5.60. The van der Waals surface area contributed by atoms with Crippen molar-refractivity contribution >= 4 is 28.6 Å².